The number of nitrogens with zero attached hydrogens (tertiary/aromatic N) is 5. The average Bonchev–Trinajstić information content (AvgIpc) is 3.68. The molecule has 250 valence electrons. The normalized spacial score (nSPS) is 20.9. The second-order valence-electron chi connectivity index (χ2n) is 11.6. The van der Waals surface area contributed by atoms with Gasteiger partial charge in [0.25, 0.3) is 5.79 Å². The maximum Gasteiger partial charge on any atom is 0.448 e. The molecule has 3 heterocycles. The van der Waals surface area contributed by atoms with E-state index in [0.717, 1.165) is 55.7 Å². The highest BCUT2D eigenvalue weighted by atomic mass is 35.5. The van der Waals surface area contributed by atoms with Gasteiger partial charge in [-0.25, -0.2) is 14.0 Å². The molecule has 3 aromatic carbocycles. The highest BCUT2D eigenvalue weighted by Crippen LogP contribution is 2.49. The van der Waals surface area contributed by atoms with Crippen molar-refractivity contribution in [3.63, 3.8) is 0 Å². The molecule has 2 aliphatic heterocycles. The van der Waals surface area contributed by atoms with Gasteiger partial charge in [0.05, 0.1) is 23.4 Å². The Morgan fingerprint density at radius 2 is 1.55 bits per heavy atom. The highest BCUT2D eigenvalue weighted by molar-refractivity contribution is 6.35. The van der Waals surface area contributed by atoms with Gasteiger partial charge >= 0.3 is 11.9 Å². The number of hydrogen-bond acceptors (Lipinski definition) is 7. The molecule has 14 heteroatoms. The second-order valence-corrected chi connectivity index (χ2v) is 12.4. The topological polar surface area (TPSA) is 74.0 Å². The lowest BCUT2D eigenvalue weighted by atomic mass is 10.1. The van der Waals surface area contributed by atoms with Crippen molar-refractivity contribution >= 4 is 34.6 Å². The van der Waals surface area contributed by atoms with Crippen LogP contribution in [0.5, 0.6) is 5.75 Å². The molecule has 0 bridgehead atoms. The number of aromatic nitrogens is 3. The fraction of sp³-hybridized carbons (Fsp3) is 0.394. The Hall–Kier alpha value is -3.71. The minimum absolute atomic E-state index is 0.0362. The molecular weight excluding hydrogens is 658 g/mol. The van der Waals surface area contributed by atoms with Crippen LogP contribution in [0.15, 0.2) is 77.9 Å². The zero-order valence-electron chi connectivity index (χ0n) is 25.8. The molecule has 0 radical (unpaired) electrons. The molecule has 9 nitrogen and oxygen atoms in total. The zero-order valence-corrected chi connectivity index (χ0v) is 27.3. The predicted molar refractivity (Wildman–Crippen MR) is 174 cm³/mol. The monoisotopic (exact) mass is 691 g/mol. The Bertz CT molecular complexity index is 1740. The molecule has 0 N–H and O–H groups in total. The number of piperazine rings is 1. The van der Waals surface area contributed by atoms with Crippen molar-refractivity contribution in [2.75, 3.05) is 49.2 Å². The number of benzene rings is 3. The maximum atomic E-state index is 14.2. The molecule has 47 heavy (non-hydrogen) atoms. The van der Waals surface area contributed by atoms with Gasteiger partial charge in [0.15, 0.2) is 0 Å². The van der Waals surface area contributed by atoms with Crippen LogP contribution >= 0.6 is 23.2 Å². The van der Waals surface area contributed by atoms with Gasteiger partial charge in [0.2, 0.25) is 0 Å². The predicted octanol–water partition coefficient (Wildman–Crippen LogP) is 6.85. The molecule has 0 amide bonds. The smallest absolute Gasteiger partial charge is 0.448 e. The number of anilines is 2. The lowest BCUT2D eigenvalue weighted by molar-refractivity contribution is -0.357. The van der Waals surface area contributed by atoms with E-state index < -0.39 is 18.1 Å². The van der Waals surface area contributed by atoms with E-state index in [1.165, 1.54) is 16.8 Å². The van der Waals surface area contributed by atoms with E-state index >= 15 is 0 Å². The first-order valence-electron chi connectivity index (χ1n) is 15.3. The van der Waals surface area contributed by atoms with E-state index in [0.29, 0.717) is 5.75 Å². The summed E-state index contributed by atoms with van der Waals surface area (Å²) in [6.07, 6.45) is -3.47. The largest absolute Gasteiger partial charge is 0.491 e. The third-order valence-corrected chi connectivity index (χ3v) is 9.12. The highest BCUT2D eigenvalue weighted by Gasteiger charge is 2.64. The number of rotatable bonds is 9. The van der Waals surface area contributed by atoms with Crippen molar-refractivity contribution < 1.29 is 27.4 Å². The Morgan fingerprint density at radius 1 is 0.957 bits per heavy atom. The van der Waals surface area contributed by atoms with E-state index in [1.54, 1.807) is 23.0 Å². The zero-order chi connectivity index (χ0) is 33.3. The van der Waals surface area contributed by atoms with Crippen LogP contribution in [0.3, 0.4) is 0 Å². The molecule has 2 fully saturated rings. The summed E-state index contributed by atoms with van der Waals surface area (Å²) in [6, 6.07) is 19.1. The minimum Gasteiger partial charge on any atom is -0.491 e. The summed E-state index contributed by atoms with van der Waals surface area (Å²) in [6.45, 7) is 6.72. The van der Waals surface area contributed by atoms with Crippen LogP contribution in [0, 0.1) is 0 Å². The van der Waals surface area contributed by atoms with Crippen molar-refractivity contribution in [2.24, 2.45) is 0 Å². The first-order chi connectivity index (χ1) is 22.5. The van der Waals surface area contributed by atoms with Crippen LogP contribution in [-0.4, -0.2) is 66.0 Å². The quantitative estimate of drug-likeness (QED) is 0.190. The molecule has 0 unspecified atom stereocenters. The molecule has 6 rings (SSSR count). The fourth-order valence-electron chi connectivity index (χ4n) is 5.75. The Balaban J connectivity index is 1.02. The third kappa shape index (κ3) is 6.69. The van der Waals surface area contributed by atoms with Crippen molar-refractivity contribution in [3.05, 3.63) is 99.2 Å². The molecule has 0 aliphatic carbocycles. The van der Waals surface area contributed by atoms with Crippen molar-refractivity contribution in [2.45, 2.75) is 44.4 Å². The molecular formula is C33H34Cl2F3N5O4. The minimum atomic E-state index is -4.88. The first-order valence-corrected chi connectivity index (χ1v) is 16.1. The van der Waals surface area contributed by atoms with E-state index in [-0.39, 0.29) is 40.6 Å². The number of hydrogen-bond donors (Lipinski definition) is 0. The van der Waals surface area contributed by atoms with Crippen LogP contribution in [0.1, 0.15) is 31.9 Å². The Labute approximate surface area is 279 Å². The van der Waals surface area contributed by atoms with Gasteiger partial charge in [0, 0.05) is 48.1 Å². The van der Waals surface area contributed by atoms with Gasteiger partial charge in [-0.2, -0.15) is 18.3 Å². The summed E-state index contributed by atoms with van der Waals surface area (Å²) in [5.41, 5.74) is 2.35. The molecule has 2 aliphatic rings. The molecule has 0 saturated carbocycles. The third-order valence-electron chi connectivity index (χ3n) is 8.58. The van der Waals surface area contributed by atoms with Crippen LogP contribution in [0.4, 0.5) is 24.5 Å². The van der Waals surface area contributed by atoms with E-state index in [2.05, 4.69) is 14.9 Å². The summed E-state index contributed by atoms with van der Waals surface area (Å²) >= 11 is 12.0. The van der Waals surface area contributed by atoms with Gasteiger partial charge in [-0.15, -0.1) is 0 Å². The van der Waals surface area contributed by atoms with E-state index in [9.17, 15) is 18.0 Å². The van der Waals surface area contributed by atoms with Gasteiger partial charge in [-0.3, -0.25) is 0 Å². The number of halogens is 5. The summed E-state index contributed by atoms with van der Waals surface area (Å²) in [5.74, 6) is -2.51. The van der Waals surface area contributed by atoms with E-state index in [1.807, 2.05) is 50.2 Å². The van der Waals surface area contributed by atoms with Crippen LogP contribution in [0.2, 0.25) is 10.0 Å². The summed E-state index contributed by atoms with van der Waals surface area (Å²) in [5, 5.41) is 4.26. The molecule has 0 spiro atoms. The first kappa shape index (κ1) is 33.2. The molecule has 1 aromatic heterocycles. The maximum absolute atomic E-state index is 14.2. The SMILES string of the molecule is CC[C@@H](C)n1ncn(-c2ccc(N3CCN(c4ccc(OC[C@@H]5CO[C@](c6ccc(Cl)cc6Cl)(C(F)(F)F)O5)cc4)CC3)cc2)c1=O. The van der Waals surface area contributed by atoms with Crippen LogP contribution < -0.4 is 20.2 Å². The van der Waals surface area contributed by atoms with Crippen molar-refractivity contribution in [3.8, 4) is 11.4 Å². The lowest BCUT2D eigenvalue weighted by Crippen LogP contribution is -2.46. The summed E-state index contributed by atoms with van der Waals surface area (Å²) in [4.78, 5) is 17.3. The average molecular weight is 693 g/mol. The van der Waals surface area contributed by atoms with Crippen LogP contribution in [0.25, 0.3) is 5.69 Å². The fourth-order valence-corrected chi connectivity index (χ4v) is 6.29. The van der Waals surface area contributed by atoms with Gasteiger partial charge in [0.1, 0.15) is 24.8 Å². The summed E-state index contributed by atoms with van der Waals surface area (Å²) in [7, 11) is 0. The number of alkyl halides is 3. The lowest BCUT2D eigenvalue weighted by Gasteiger charge is -2.37. The number of ether oxygens (including phenoxy) is 3. The van der Waals surface area contributed by atoms with Gasteiger partial charge in [-0.05, 0) is 74.0 Å². The Kier molecular flexibility index (Phi) is 9.48. The standard InChI is InChI=1S/C33H34Cl2F3N5O4/c1-3-22(2)43-31(44)42(21-39-43)26-7-5-24(6-8-26)40-14-16-41(17-15-40)25-9-11-27(12-10-25)45-19-28-20-46-32(47-28,33(36,37)38)29-13-4-23(34)18-30(29)35/h4-13,18,21-22,28H,3,14-17,19-20H2,1-2H3/t22-,28-,32+/m1/s1. The molecule has 4 aromatic rings. The summed E-state index contributed by atoms with van der Waals surface area (Å²) < 4.78 is 62.0. The van der Waals surface area contributed by atoms with E-state index in [4.69, 9.17) is 37.4 Å². The van der Waals surface area contributed by atoms with Crippen molar-refractivity contribution in [1.82, 2.24) is 14.3 Å². The van der Waals surface area contributed by atoms with Gasteiger partial charge in [-0.1, -0.05) is 36.2 Å². The second kappa shape index (κ2) is 13.4. The van der Waals surface area contributed by atoms with Gasteiger partial charge < -0.3 is 24.0 Å². The Morgan fingerprint density at radius 3 is 2.13 bits per heavy atom. The molecule has 2 saturated heterocycles. The van der Waals surface area contributed by atoms with Crippen LogP contribution in [-0.2, 0) is 15.3 Å². The van der Waals surface area contributed by atoms with Crippen molar-refractivity contribution in [1.29, 1.82) is 0 Å². The molecule has 3 atom stereocenters.